The number of nitrogens with zero attached hydrogens (tertiary/aromatic N) is 2. The van der Waals surface area contributed by atoms with Crippen molar-refractivity contribution in [3.8, 4) is 11.4 Å². The van der Waals surface area contributed by atoms with Crippen molar-refractivity contribution in [2.45, 2.75) is 25.3 Å². The second-order valence-corrected chi connectivity index (χ2v) is 5.77. The number of esters is 1. The maximum atomic E-state index is 11.9. The highest BCUT2D eigenvalue weighted by atomic mass is 35.5. The van der Waals surface area contributed by atoms with E-state index >= 15 is 0 Å². The maximum absolute atomic E-state index is 11.9. The van der Waals surface area contributed by atoms with E-state index in [9.17, 15) is 9.59 Å². The van der Waals surface area contributed by atoms with Crippen LogP contribution in [0.4, 0.5) is 0 Å². The van der Waals surface area contributed by atoms with Crippen LogP contribution in [0.15, 0.2) is 28.8 Å². The molecular formula is C17H21ClN4O4. The lowest BCUT2D eigenvalue weighted by atomic mass is 10.1. The van der Waals surface area contributed by atoms with Crippen molar-refractivity contribution >= 4 is 24.3 Å². The first-order valence-corrected chi connectivity index (χ1v) is 8.20. The normalized spacial score (nSPS) is 16.0. The highest BCUT2D eigenvalue weighted by Gasteiger charge is 2.21. The molecule has 1 aliphatic heterocycles. The molecule has 0 saturated carbocycles. The fraction of sp³-hybridized carbons (Fsp3) is 0.412. The van der Waals surface area contributed by atoms with Crippen molar-refractivity contribution in [2.75, 3.05) is 20.2 Å². The molecule has 9 heteroatoms. The molecule has 0 radical (unpaired) electrons. The topological polar surface area (TPSA) is 106 Å². The molecule has 0 spiro atoms. The zero-order valence-corrected chi connectivity index (χ0v) is 15.2. The number of carbonyl (C=O) groups excluding carboxylic acids is 2. The Morgan fingerprint density at radius 3 is 2.77 bits per heavy atom. The predicted octanol–water partition coefficient (Wildman–Crippen LogP) is 1.36. The summed E-state index contributed by atoms with van der Waals surface area (Å²) < 4.78 is 9.86. The van der Waals surface area contributed by atoms with Gasteiger partial charge in [0.15, 0.2) is 0 Å². The van der Waals surface area contributed by atoms with Crippen LogP contribution in [0.2, 0.25) is 0 Å². The van der Waals surface area contributed by atoms with Gasteiger partial charge in [-0.3, -0.25) is 4.79 Å². The van der Waals surface area contributed by atoms with Crippen LogP contribution in [0.25, 0.3) is 11.4 Å². The first kappa shape index (κ1) is 19.9. The summed E-state index contributed by atoms with van der Waals surface area (Å²) in [7, 11) is 1.34. The van der Waals surface area contributed by atoms with Crippen LogP contribution in [-0.2, 0) is 16.0 Å². The third-order valence-electron chi connectivity index (χ3n) is 4.05. The van der Waals surface area contributed by atoms with Crippen LogP contribution < -0.4 is 10.6 Å². The van der Waals surface area contributed by atoms with E-state index in [1.54, 1.807) is 24.3 Å². The minimum atomic E-state index is -0.396. The summed E-state index contributed by atoms with van der Waals surface area (Å²) >= 11 is 0. The van der Waals surface area contributed by atoms with Gasteiger partial charge in [-0.1, -0.05) is 17.3 Å². The average Bonchev–Trinajstić information content (AvgIpc) is 3.33. The largest absolute Gasteiger partial charge is 0.465 e. The van der Waals surface area contributed by atoms with Crippen molar-refractivity contribution < 1.29 is 18.8 Å². The van der Waals surface area contributed by atoms with Gasteiger partial charge in [0.05, 0.1) is 18.7 Å². The molecule has 1 aliphatic rings. The van der Waals surface area contributed by atoms with Gasteiger partial charge in [-0.05, 0) is 31.5 Å². The molecule has 1 aromatic heterocycles. The maximum Gasteiger partial charge on any atom is 0.337 e. The zero-order chi connectivity index (χ0) is 17.6. The lowest BCUT2D eigenvalue weighted by Crippen LogP contribution is -2.41. The second-order valence-electron chi connectivity index (χ2n) is 5.77. The molecule has 1 saturated heterocycles. The molecule has 1 unspecified atom stereocenters. The third kappa shape index (κ3) is 4.80. The number of benzene rings is 1. The van der Waals surface area contributed by atoms with E-state index in [4.69, 9.17) is 4.52 Å². The Kier molecular flexibility index (Phi) is 7.11. The number of rotatable bonds is 6. The highest BCUT2D eigenvalue weighted by molar-refractivity contribution is 5.89. The average molecular weight is 381 g/mol. The molecule has 2 aromatic rings. The van der Waals surface area contributed by atoms with Crippen molar-refractivity contribution in [1.82, 2.24) is 20.8 Å². The van der Waals surface area contributed by atoms with E-state index in [1.165, 1.54) is 7.11 Å². The number of halogens is 1. The number of ether oxygens (including phenoxy) is 1. The molecule has 140 valence electrons. The van der Waals surface area contributed by atoms with Crippen molar-refractivity contribution in [1.29, 1.82) is 0 Å². The lowest BCUT2D eigenvalue weighted by Gasteiger charge is -2.09. The van der Waals surface area contributed by atoms with E-state index in [1.807, 2.05) is 0 Å². The molecule has 1 atom stereocenters. The standard InChI is InChI=1S/C17H20N4O4.ClH/c1-24-17(23)12-6-4-11(5-7-12)15-20-14(25-21-15)8-10-19-16(22)13-3-2-9-18-13;/h4-7,13,18H,2-3,8-10H2,1H3,(H,19,22);1H. The fourth-order valence-electron chi connectivity index (χ4n) is 2.67. The predicted molar refractivity (Wildman–Crippen MR) is 96.1 cm³/mol. The molecule has 1 amide bonds. The van der Waals surface area contributed by atoms with Gasteiger partial charge in [0.2, 0.25) is 17.6 Å². The molecule has 1 fully saturated rings. The van der Waals surface area contributed by atoms with Gasteiger partial charge >= 0.3 is 5.97 Å². The lowest BCUT2D eigenvalue weighted by molar-refractivity contribution is -0.122. The van der Waals surface area contributed by atoms with Gasteiger partial charge in [-0.25, -0.2) is 4.79 Å². The van der Waals surface area contributed by atoms with Crippen LogP contribution in [0.5, 0.6) is 0 Å². The summed E-state index contributed by atoms with van der Waals surface area (Å²) in [5.41, 5.74) is 1.19. The van der Waals surface area contributed by atoms with Crippen molar-refractivity contribution in [3.05, 3.63) is 35.7 Å². The SMILES string of the molecule is COC(=O)c1ccc(-c2noc(CCNC(=O)C3CCCN3)n2)cc1.Cl. The van der Waals surface area contributed by atoms with E-state index in [2.05, 4.69) is 25.5 Å². The van der Waals surface area contributed by atoms with Gasteiger partial charge < -0.3 is 19.9 Å². The highest BCUT2D eigenvalue weighted by Crippen LogP contribution is 2.17. The van der Waals surface area contributed by atoms with Crippen molar-refractivity contribution in [3.63, 3.8) is 0 Å². The van der Waals surface area contributed by atoms with E-state index in [0.29, 0.717) is 30.2 Å². The fourth-order valence-corrected chi connectivity index (χ4v) is 2.67. The van der Waals surface area contributed by atoms with Gasteiger partial charge in [0.1, 0.15) is 0 Å². The van der Waals surface area contributed by atoms with E-state index in [-0.39, 0.29) is 24.4 Å². The van der Waals surface area contributed by atoms with Crippen LogP contribution in [0.1, 0.15) is 29.1 Å². The molecule has 2 heterocycles. The number of aromatic nitrogens is 2. The minimum absolute atomic E-state index is 0. The molecule has 1 aromatic carbocycles. The first-order valence-electron chi connectivity index (χ1n) is 8.20. The smallest absolute Gasteiger partial charge is 0.337 e. The molecular weight excluding hydrogens is 360 g/mol. The Labute approximate surface area is 157 Å². The van der Waals surface area contributed by atoms with Gasteiger partial charge in [-0.2, -0.15) is 4.98 Å². The number of hydrogen-bond acceptors (Lipinski definition) is 7. The molecule has 0 aliphatic carbocycles. The van der Waals surface area contributed by atoms with Crippen LogP contribution >= 0.6 is 12.4 Å². The molecule has 26 heavy (non-hydrogen) atoms. The molecule has 8 nitrogen and oxygen atoms in total. The van der Waals surface area contributed by atoms with Crippen LogP contribution in [0, 0.1) is 0 Å². The summed E-state index contributed by atoms with van der Waals surface area (Å²) in [6.45, 7) is 1.33. The monoisotopic (exact) mass is 380 g/mol. The Hall–Kier alpha value is -2.45. The second kappa shape index (κ2) is 9.30. The van der Waals surface area contributed by atoms with Gasteiger partial charge in [0, 0.05) is 18.5 Å². The Balaban J connectivity index is 0.00000243. The van der Waals surface area contributed by atoms with Gasteiger partial charge in [0.25, 0.3) is 0 Å². The van der Waals surface area contributed by atoms with Gasteiger partial charge in [-0.15, -0.1) is 12.4 Å². The number of hydrogen-bond donors (Lipinski definition) is 2. The Morgan fingerprint density at radius 2 is 2.12 bits per heavy atom. The van der Waals surface area contributed by atoms with Crippen LogP contribution in [-0.4, -0.2) is 48.3 Å². The summed E-state index contributed by atoms with van der Waals surface area (Å²) in [6, 6.07) is 6.66. The van der Waals surface area contributed by atoms with Crippen molar-refractivity contribution in [2.24, 2.45) is 0 Å². The quantitative estimate of drug-likeness (QED) is 0.728. The Bertz CT molecular complexity index is 741. The van der Waals surface area contributed by atoms with Crippen LogP contribution in [0.3, 0.4) is 0 Å². The first-order chi connectivity index (χ1) is 12.2. The Morgan fingerprint density at radius 1 is 1.35 bits per heavy atom. The minimum Gasteiger partial charge on any atom is -0.465 e. The van der Waals surface area contributed by atoms with E-state index in [0.717, 1.165) is 24.9 Å². The molecule has 3 rings (SSSR count). The molecule has 2 N–H and O–H groups in total. The number of nitrogens with one attached hydrogen (secondary N) is 2. The summed E-state index contributed by atoms with van der Waals surface area (Å²) in [6.07, 6.45) is 2.36. The number of methoxy groups -OCH3 is 1. The summed E-state index contributed by atoms with van der Waals surface area (Å²) in [5, 5.41) is 9.95. The zero-order valence-electron chi connectivity index (χ0n) is 14.4. The molecule has 0 bridgehead atoms. The van der Waals surface area contributed by atoms with E-state index < -0.39 is 5.97 Å². The summed E-state index contributed by atoms with van der Waals surface area (Å²) in [4.78, 5) is 27.6. The number of carbonyl (C=O) groups is 2. The number of amides is 1. The third-order valence-corrected chi connectivity index (χ3v) is 4.05. The summed E-state index contributed by atoms with van der Waals surface area (Å²) in [5.74, 6) is 0.505.